The molecular weight excluding hydrogens is 358 g/mol. The number of aliphatic carboxylic acids is 1. The van der Waals surface area contributed by atoms with Crippen molar-refractivity contribution in [3.05, 3.63) is 29.8 Å². The van der Waals surface area contributed by atoms with Gasteiger partial charge < -0.3 is 20.1 Å². The molecule has 0 spiro atoms. The highest BCUT2D eigenvalue weighted by Crippen LogP contribution is 2.28. The average molecular weight is 389 g/mol. The lowest BCUT2D eigenvalue weighted by Gasteiger charge is -2.36. The molecule has 2 N–H and O–H groups in total. The molecule has 0 bridgehead atoms. The van der Waals surface area contributed by atoms with Gasteiger partial charge in [0.25, 0.3) is 0 Å². The number of ether oxygens (including phenoxy) is 1. The van der Waals surface area contributed by atoms with Crippen LogP contribution in [0.4, 0.5) is 4.79 Å². The number of piperidine rings is 1. The summed E-state index contributed by atoms with van der Waals surface area (Å²) in [6.45, 7) is 5.45. The van der Waals surface area contributed by atoms with Gasteiger partial charge in [0, 0.05) is 19.6 Å². The number of carboxylic acid groups (broad SMARTS) is 1. The van der Waals surface area contributed by atoms with E-state index in [0.29, 0.717) is 26.1 Å². The topological polar surface area (TPSA) is 82.1 Å². The monoisotopic (exact) mass is 389 g/mol. The Hall–Kier alpha value is -2.28. The van der Waals surface area contributed by atoms with Crippen molar-refractivity contribution in [2.45, 2.75) is 32.2 Å². The van der Waals surface area contributed by atoms with E-state index in [4.69, 9.17) is 4.74 Å². The molecule has 7 heteroatoms. The molecule has 2 heterocycles. The molecule has 7 nitrogen and oxygen atoms in total. The van der Waals surface area contributed by atoms with Gasteiger partial charge in [0.1, 0.15) is 5.75 Å². The minimum atomic E-state index is -0.764. The predicted molar refractivity (Wildman–Crippen MR) is 106 cm³/mol. The molecule has 28 heavy (non-hydrogen) atoms. The fourth-order valence-corrected chi connectivity index (χ4v) is 4.35. The second kappa shape index (κ2) is 9.28. The largest absolute Gasteiger partial charge is 0.497 e. The van der Waals surface area contributed by atoms with Gasteiger partial charge in [-0.25, -0.2) is 4.79 Å². The van der Waals surface area contributed by atoms with Crippen LogP contribution in [0.5, 0.6) is 5.75 Å². The number of nitrogens with zero attached hydrogens (tertiary/aromatic N) is 2. The third-order valence-electron chi connectivity index (χ3n) is 6.02. The van der Waals surface area contributed by atoms with Gasteiger partial charge in [-0.1, -0.05) is 19.1 Å². The molecule has 2 fully saturated rings. The number of hydrogen-bond donors (Lipinski definition) is 2. The minimum Gasteiger partial charge on any atom is -0.497 e. The number of likely N-dealkylation sites (tertiary alicyclic amines) is 2. The molecule has 0 saturated carbocycles. The summed E-state index contributed by atoms with van der Waals surface area (Å²) >= 11 is 0. The van der Waals surface area contributed by atoms with Crippen molar-refractivity contribution in [2.24, 2.45) is 11.8 Å². The van der Waals surface area contributed by atoms with E-state index < -0.39 is 5.97 Å². The van der Waals surface area contributed by atoms with E-state index in [1.54, 1.807) is 12.0 Å². The van der Waals surface area contributed by atoms with Crippen LogP contribution in [0, 0.1) is 11.8 Å². The molecular formula is C21H31N3O4. The number of carbonyl (C=O) groups is 2. The Labute approximate surface area is 166 Å². The highest BCUT2D eigenvalue weighted by atomic mass is 16.5. The zero-order chi connectivity index (χ0) is 20.1. The fourth-order valence-electron chi connectivity index (χ4n) is 4.35. The summed E-state index contributed by atoms with van der Waals surface area (Å²) in [6.07, 6.45) is 2.86. The molecule has 0 aliphatic carbocycles. The molecule has 0 radical (unpaired) electrons. The number of rotatable bonds is 6. The van der Waals surface area contributed by atoms with E-state index in [9.17, 15) is 14.7 Å². The van der Waals surface area contributed by atoms with Crippen LogP contribution in [0.25, 0.3) is 0 Å². The van der Waals surface area contributed by atoms with E-state index in [2.05, 4.69) is 16.3 Å². The van der Waals surface area contributed by atoms with Crippen LogP contribution in [0.2, 0.25) is 0 Å². The highest BCUT2D eigenvalue weighted by molar-refractivity contribution is 5.75. The Bertz CT molecular complexity index is 690. The number of carbonyl (C=O) groups excluding carboxylic acids is 1. The van der Waals surface area contributed by atoms with Crippen molar-refractivity contribution < 1.29 is 19.4 Å². The maximum atomic E-state index is 12.7. The normalized spacial score (nSPS) is 24.0. The molecule has 2 aliphatic heterocycles. The summed E-state index contributed by atoms with van der Waals surface area (Å²) in [7, 11) is 1.66. The maximum absolute atomic E-state index is 12.7. The van der Waals surface area contributed by atoms with Crippen molar-refractivity contribution in [3.63, 3.8) is 0 Å². The van der Waals surface area contributed by atoms with Crippen LogP contribution in [-0.2, 0) is 4.79 Å². The molecule has 3 rings (SSSR count). The van der Waals surface area contributed by atoms with Crippen LogP contribution in [0.3, 0.4) is 0 Å². The van der Waals surface area contributed by atoms with Gasteiger partial charge in [0.05, 0.1) is 19.1 Å². The fraction of sp³-hybridized carbons (Fsp3) is 0.619. The highest BCUT2D eigenvalue weighted by Gasteiger charge is 2.33. The Morgan fingerprint density at radius 1 is 1.29 bits per heavy atom. The third-order valence-corrected chi connectivity index (χ3v) is 6.02. The number of urea groups is 1. The van der Waals surface area contributed by atoms with E-state index >= 15 is 0 Å². The lowest BCUT2D eigenvalue weighted by molar-refractivity contribution is -0.145. The quantitative estimate of drug-likeness (QED) is 0.782. The lowest BCUT2D eigenvalue weighted by Crippen LogP contribution is -2.50. The number of hydrogen-bond acceptors (Lipinski definition) is 4. The molecule has 2 amide bonds. The third kappa shape index (κ3) is 4.76. The Kier molecular flexibility index (Phi) is 6.78. The van der Waals surface area contributed by atoms with Crippen LogP contribution in [0.1, 0.15) is 37.8 Å². The maximum Gasteiger partial charge on any atom is 0.317 e. The molecule has 3 atom stereocenters. The lowest BCUT2D eigenvalue weighted by atomic mass is 9.87. The van der Waals surface area contributed by atoms with Crippen molar-refractivity contribution in [3.8, 4) is 5.75 Å². The van der Waals surface area contributed by atoms with E-state index in [1.807, 2.05) is 25.1 Å². The van der Waals surface area contributed by atoms with E-state index in [1.165, 1.54) is 12.8 Å². The molecule has 2 aliphatic rings. The minimum absolute atomic E-state index is 0.0373. The van der Waals surface area contributed by atoms with Crippen molar-refractivity contribution in [2.75, 3.05) is 39.8 Å². The Morgan fingerprint density at radius 2 is 2.04 bits per heavy atom. The van der Waals surface area contributed by atoms with Gasteiger partial charge in [-0.2, -0.15) is 0 Å². The van der Waals surface area contributed by atoms with Gasteiger partial charge in [-0.05, 0) is 56.0 Å². The first-order valence-electron chi connectivity index (χ1n) is 10.1. The Balaban J connectivity index is 1.63. The van der Waals surface area contributed by atoms with E-state index in [0.717, 1.165) is 24.4 Å². The van der Waals surface area contributed by atoms with Gasteiger partial charge in [-0.15, -0.1) is 0 Å². The zero-order valence-electron chi connectivity index (χ0n) is 16.8. The SMILES string of the molecule is COc1cccc(C(CNC(=O)N2CCC(C(=O)O)C(C)C2)N2CCCC2)c1. The first-order valence-corrected chi connectivity index (χ1v) is 10.1. The van der Waals surface area contributed by atoms with E-state index in [-0.39, 0.29) is 23.9 Å². The van der Waals surface area contributed by atoms with Crippen molar-refractivity contribution in [1.82, 2.24) is 15.1 Å². The van der Waals surface area contributed by atoms with Crippen molar-refractivity contribution in [1.29, 1.82) is 0 Å². The standard InChI is InChI=1S/C21H31N3O4/c1-15-14-24(11-8-18(15)20(25)26)21(27)22-13-19(23-9-3-4-10-23)16-6-5-7-17(12-16)28-2/h5-7,12,15,18-19H,3-4,8-11,13-14H2,1-2H3,(H,22,27)(H,25,26). The molecule has 0 aromatic heterocycles. The summed E-state index contributed by atoms with van der Waals surface area (Å²) in [5, 5.41) is 12.4. The van der Waals surface area contributed by atoms with Gasteiger partial charge >= 0.3 is 12.0 Å². The van der Waals surface area contributed by atoms with Crippen LogP contribution in [-0.4, -0.2) is 66.7 Å². The summed E-state index contributed by atoms with van der Waals surface area (Å²) in [5.41, 5.74) is 1.14. The molecule has 1 aromatic carbocycles. The summed E-state index contributed by atoms with van der Waals surface area (Å²) in [4.78, 5) is 28.2. The molecule has 3 unspecified atom stereocenters. The second-order valence-electron chi connectivity index (χ2n) is 7.88. The van der Waals surface area contributed by atoms with Gasteiger partial charge in [0.2, 0.25) is 0 Å². The van der Waals surface area contributed by atoms with Crippen LogP contribution >= 0.6 is 0 Å². The first kappa shape index (κ1) is 20.5. The Morgan fingerprint density at radius 3 is 2.68 bits per heavy atom. The number of carboxylic acids is 1. The van der Waals surface area contributed by atoms with Crippen LogP contribution < -0.4 is 10.1 Å². The summed E-state index contributed by atoms with van der Waals surface area (Å²) in [6, 6.07) is 8.03. The molecule has 2 saturated heterocycles. The van der Waals surface area contributed by atoms with Gasteiger partial charge in [0.15, 0.2) is 0 Å². The zero-order valence-corrected chi connectivity index (χ0v) is 16.8. The summed E-state index contributed by atoms with van der Waals surface area (Å²) in [5.74, 6) is -0.347. The smallest absolute Gasteiger partial charge is 0.317 e. The van der Waals surface area contributed by atoms with Gasteiger partial charge in [-0.3, -0.25) is 9.69 Å². The average Bonchev–Trinajstić information content (AvgIpc) is 3.22. The number of amides is 2. The summed E-state index contributed by atoms with van der Waals surface area (Å²) < 4.78 is 5.37. The number of nitrogens with one attached hydrogen (secondary N) is 1. The molecule has 1 aromatic rings. The number of methoxy groups -OCH3 is 1. The molecule has 154 valence electrons. The van der Waals surface area contributed by atoms with Crippen LogP contribution in [0.15, 0.2) is 24.3 Å². The van der Waals surface area contributed by atoms with Crippen molar-refractivity contribution >= 4 is 12.0 Å². The number of benzene rings is 1. The first-order chi connectivity index (χ1) is 13.5. The second-order valence-corrected chi connectivity index (χ2v) is 7.88. The predicted octanol–water partition coefficient (Wildman–Crippen LogP) is 2.58.